The van der Waals surface area contributed by atoms with Crippen LogP contribution in [0, 0.1) is 35.3 Å². The van der Waals surface area contributed by atoms with E-state index in [1.807, 2.05) is 158 Å². The quantitative estimate of drug-likeness (QED) is 0.0370. The van der Waals surface area contributed by atoms with Crippen LogP contribution in [-0.4, -0.2) is 146 Å². The summed E-state index contributed by atoms with van der Waals surface area (Å²) in [4.78, 5) is 54.4. The third-order valence-electron chi connectivity index (χ3n) is 24.2. The summed E-state index contributed by atoms with van der Waals surface area (Å²) in [6.07, 6.45) is 3.99. The summed E-state index contributed by atoms with van der Waals surface area (Å²) in [6, 6.07) is 80.1. The average Bonchev–Trinajstić information content (AvgIpc) is 1.61. The van der Waals surface area contributed by atoms with E-state index in [1.165, 1.54) is 60.7 Å². The molecule has 0 spiro atoms. The van der Waals surface area contributed by atoms with Crippen LogP contribution in [0.25, 0.3) is 155 Å². The third kappa shape index (κ3) is 19.5. The van der Waals surface area contributed by atoms with Crippen molar-refractivity contribution >= 4 is 111 Å². The lowest BCUT2D eigenvalue weighted by atomic mass is 9.92. The van der Waals surface area contributed by atoms with E-state index in [-0.39, 0.29) is 29.0 Å². The minimum atomic E-state index is -0.798. The molecule has 0 aliphatic carbocycles. The molecule has 12 aromatic heterocycles. The molecule has 22 rings (SSSR count). The summed E-state index contributed by atoms with van der Waals surface area (Å²) in [5.41, 5.74) is 46.2. The predicted octanol–water partition coefficient (Wildman–Crippen LogP) is 19.4. The van der Waals surface area contributed by atoms with Gasteiger partial charge in [-0.3, -0.25) is 0 Å². The van der Waals surface area contributed by atoms with Crippen LogP contribution < -0.4 is 32.4 Å². The monoisotopic (exact) mass is 1910 g/mol. The molecular weight excluding hydrogens is 1820 g/mol. The minimum Gasteiger partial charge on any atom is -0.508 e. The Morgan fingerprint density at radius 3 is 0.910 bits per heavy atom. The number of phenolic OH excluding ortho intramolecular Hbond substituents is 2. The summed E-state index contributed by atoms with van der Waals surface area (Å²) >= 11 is 0. The number of hydrogen-bond acceptors (Lipinski definition) is 26. The number of halogens is 2. The van der Waals surface area contributed by atoms with E-state index in [0.717, 1.165) is 129 Å². The van der Waals surface area contributed by atoms with Crippen LogP contribution in [0.15, 0.2) is 280 Å². The fourth-order valence-corrected chi connectivity index (χ4v) is 17.7. The number of hydrogen-bond donors (Lipinski definition) is 8. The van der Waals surface area contributed by atoms with Crippen molar-refractivity contribution in [1.29, 1.82) is 0 Å². The SMILES string of the molecule is CC(C)c1ccccc1-c1nc2ccccc2cc1Cn1nc(-c2cc(O)cc(F)c2)c2c(N)ncnc21.CC(C)c1ccccc1-c1nc2ccccc2cc1Cn1nc(C#C[C@@H](C)O)c2c(N)ncnc21.COc1ccccc1-c1nc2ccccc2cc1Cn1nc(-c2cc(O)cc(F)c2)c2c(N)ncnc21.COc1ccccc1-c1nc2ccccc2cc1Cn1nc(C#C[C@@H](C)O)c2c(N)ncnc21. The zero-order valence-electron chi connectivity index (χ0n) is 79.3. The number of rotatable bonds is 18. The Morgan fingerprint density at radius 1 is 0.319 bits per heavy atom. The van der Waals surface area contributed by atoms with Crippen molar-refractivity contribution in [2.24, 2.45) is 0 Å². The molecule has 12 N–H and O–H groups in total. The number of phenols is 2. The van der Waals surface area contributed by atoms with Crippen LogP contribution in [0.2, 0.25) is 0 Å². The van der Waals surface area contributed by atoms with E-state index in [0.29, 0.717) is 128 Å². The Hall–Kier alpha value is -18.7. The summed E-state index contributed by atoms with van der Waals surface area (Å²) in [7, 11) is 3.27. The van der Waals surface area contributed by atoms with Gasteiger partial charge in [-0.15, -0.1) is 0 Å². The molecule has 0 unspecified atom stereocenters. The molecule has 30 nitrogen and oxygen atoms in total. The van der Waals surface area contributed by atoms with Gasteiger partial charge in [-0.05, 0) is 146 Å². The number of benzene rings is 10. The lowest BCUT2D eigenvalue weighted by Crippen LogP contribution is -2.07. The van der Waals surface area contributed by atoms with Gasteiger partial charge in [-0.1, -0.05) is 185 Å². The fourth-order valence-electron chi connectivity index (χ4n) is 17.7. The topological polar surface area (TPSA) is 429 Å². The normalized spacial score (nSPS) is 11.7. The molecule has 0 saturated heterocycles. The number of pyridine rings is 4. The minimum absolute atomic E-state index is 0.204. The van der Waals surface area contributed by atoms with Crippen molar-refractivity contribution in [2.45, 2.75) is 91.8 Å². The first-order chi connectivity index (χ1) is 69.9. The van der Waals surface area contributed by atoms with Crippen LogP contribution in [0.3, 0.4) is 0 Å². The fraction of sp³-hybridized carbons (Fsp3) is 0.143. The number of aromatic nitrogens is 20. The van der Waals surface area contributed by atoms with Crippen molar-refractivity contribution in [3.05, 3.63) is 336 Å². The van der Waals surface area contributed by atoms with Crippen LogP contribution in [0.1, 0.15) is 98.1 Å². The molecule has 2 atom stereocenters. The number of aliphatic hydroxyl groups excluding tert-OH is 2. The number of ether oxygens (including phenoxy) is 2. The van der Waals surface area contributed by atoms with Gasteiger partial charge in [0.25, 0.3) is 0 Å². The van der Waals surface area contributed by atoms with Gasteiger partial charge in [0.05, 0.1) is 107 Å². The maximum atomic E-state index is 14.2. The molecule has 0 fully saturated rings. The smallest absolute Gasteiger partial charge is 0.164 e. The summed E-state index contributed by atoms with van der Waals surface area (Å²) < 4.78 is 46.5. The molecule has 0 amide bonds. The Bertz CT molecular complexity index is 8800. The number of para-hydroxylation sites is 6. The van der Waals surface area contributed by atoms with Gasteiger partial charge in [0.15, 0.2) is 22.6 Å². The zero-order chi connectivity index (χ0) is 100. The van der Waals surface area contributed by atoms with Crippen LogP contribution in [-0.2, 0) is 26.2 Å². The number of anilines is 4. The first-order valence-corrected chi connectivity index (χ1v) is 46.1. The third-order valence-corrected chi connectivity index (χ3v) is 24.2. The number of nitrogens with two attached hydrogens (primary N) is 4. The largest absolute Gasteiger partial charge is 0.508 e. The summed E-state index contributed by atoms with van der Waals surface area (Å²) in [6.45, 7) is 13.3. The molecule has 712 valence electrons. The first-order valence-electron chi connectivity index (χ1n) is 46.1. The second kappa shape index (κ2) is 40.8. The molecule has 144 heavy (non-hydrogen) atoms. The Kier molecular flexibility index (Phi) is 26.7. The van der Waals surface area contributed by atoms with Gasteiger partial charge in [0.1, 0.15) is 118 Å². The highest BCUT2D eigenvalue weighted by atomic mass is 19.1. The second-order valence-electron chi connectivity index (χ2n) is 34.8. The number of nitrogen functional groups attached to an aromatic ring is 4. The molecular formula is C112H94F2N24O6. The molecule has 32 heteroatoms. The predicted molar refractivity (Wildman–Crippen MR) is 557 cm³/mol. The maximum Gasteiger partial charge on any atom is 0.164 e. The Morgan fingerprint density at radius 2 is 0.597 bits per heavy atom. The molecule has 12 heterocycles. The van der Waals surface area contributed by atoms with Crippen molar-refractivity contribution in [3.8, 4) is 114 Å². The number of methoxy groups -OCH3 is 2. The zero-order valence-corrected chi connectivity index (χ0v) is 79.3. The Labute approximate surface area is 823 Å². The average molecular weight is 1910 g/mol. The van der Waals surface area contributed by atoms with E-state index < -0.39 is 23.8 Å². The first kappa shape index (κ1) is 94.3. The lowest BCUT2D eigenvalue weighted by molar-refractivity contribution is 0.253. The Balaban J connectivity index is 0.000000122. The van der Waals surface area contributed by atoms with Gasteiger partial charge < -0.3 is 52.8 Å². The van der Waals surface area contributed by atoms with Crippen LogP contribution in [0.5, 0.6) is 23.0 Å². The standard InChI is InChI=1S/C30H25FN6O.C28H21FN6O2.C28H26N6O.C26H22N6O2/c1-17(2)23-8-4-5-9-24(23)27-20(11-18-7-3-6-10-25(18)35-27)15-37-30-26(29(32)33-16-34-30)28(36-37)19-12-21(31)14-22(38)13-19;1-37-23-9-5-3-7-21(23)25-18(10-16-6-2-4-8-22(16)33-25)14-35-28-24(27(30)31-15-32-28)26(34-35)17-11-19(29)13-20(36)12-17;1-17(2)21-9-5-6-10-22(21)26-20(14-19-8-4-7-11-23(19)32-26)15-34-28-25(27(29)30-16-31-28)24(33-34)13-12-18(3)35;1-16(33)11-12-21-23-25(27)28-15-29-26(23)32(31-21)14-18-13-17-7-3-5-9-20(17)30-24(18)19-8-4-6-10-22(19)34-2/h3-14,16-17,38H,15H2,1-2H3,(H2,32,33,34);2-13,15,36H,14H2,1H3,(H2,30,31,32);4-11,14,16-18,35H,15H2,1-3H3,(H2,29,30,31);3-10,13,15-16,33H,14H2,1-2H3,(H2,27,28,29)/t;;18-;16-/m..11/s1. The highest BCUT2D eigenvalue weighted by Gasteiger charge is 2.28. The number of nitrogens with zero attached hydrogens (tertiary/aromatic N) is 20. The van der Waals surface area contributed by atoms with Crippen molar-refractivity contribution in [2.75, 3.05) is 37.2 Å². The van der Waals surface area contributed by atoms with Crippen LogP contribution >= 0.6 is 0 Å². The molecule has 22 aromatic rings. The van der Waals surface area contributed by atoms with Gasteiger partial charge in [0.2, 0.25) is 0 Å². The highest BCUT2D eigenvalue weighted by molar-refractivity contribution is 6.01. The van der Waals surface area contributed by atoms with E-state index in [1.54, 1.807) is 46.8 Å². The van der Waals surface area contributed by atoms with Gasteiger partial charge in [0, 0.05) is 89.3 Å². The summed E-state index contributed by atoms with van der Waals surface area (Å²) in [5.74, 6) is 12.8. The molecule has 0 bridgehead atoms. The van der Waals surface area contributed by atoms with Crippen molar-refractivity contribution in [1.82, 2.24) is 98.9 Å². The van der Waals surface area contributed by atoms with Crippen LogP contribution in [0.4, 0.5) is 32.1 Å². The highest BCUT2D eigenvalue weighted by Crippen LogP contribution is 2.43. The molecule has 0 saturated carbocycles. The number of fused-ring (bicyclic) bond motifs is 8. The summed E-state index contributed by atoms with van der Waals surface area (Å²) in [5, 5.41) is 64.4. The van der Waals surface area contributed by atoms with Crippen molar-refractivity contribution < 1.29 is 38.7 Å². The van der Waals surface area contributed by atoms with Gasteiger partial charge in [-0.25, -0.2) is 87.3 Å². The van der Waals surface area contributed by atoms with E-state index in [9.17, 15) is 29.2 Å². The van der Waals surface area contributed by atoms with E-state index >= 15 is 0 Å². The molecule has 0 radical (unpaired) electrons. The van der Waals surface area contributed by atoms with Gasteiger partial charge >= 0.3 is 0 Å². The number of aromatic hydroxyl groups is 2. The van der Waals surface area contributed by atoms with Gasteiger partial charge in [-0.2, -0.15) is 20.4 Å². The molecule has 0 aliphatic rings. The van der Waals surface area contributed by atoms with E-state index in [4.69, 9.17) is 67.6 Å². The molecule has 10 aromatic carbocycles. The maximum absolute atomic E-state index is 14.2. The van der Waals surface area contributed by atoms with Crippen molar-refractivity contribution in [3.63, 3.8) is 0 Å². The lowest BCUT2D eigenvalue weighted by Gasteiger charge is -2.16. The molecule has 0 aliphatic heterocycles. The van der Waals surface area contributed by atoms with E-state index in [2.05, 4.69) is 157 Å². The second-order valence-corrected chi connectivity index (χ2v) is 34.8. The number of aliphatic hydroxyl groups is 2.